The number of rotatable bonds is 4. The van der Waals surface area contributed by atoms with Gasteiger partial charge in [-0.05, 0) is 30.1 Å². The van der Waals surface area contributed by atoms with Crippen LogP contribution in [0.15, 0.2) is 0 Å². The van der Waals surface area contributed by atoms with Crippen LogP contribution in [0.5, 0.6) is 0 Å². The summed E-state index contributed by atoms with van der Waals surface area (Å²) in [5.74, 6) is 0.237. The van der Waals surface area contributed by atoms with Gasteiger partial charge in [-0.3, -0.25) is 0 Å². The number of aliphatic carboxylic acids is 1. The maximum Gasteiger partial charge on any atom is 0.326 e. The average molecular weight is 284 g/mol. The van der Waals surface area contributed by atoms with Gasteiger partial charge in [0, 0.05) is 6.54 Å². The van der Waals surface area contributed by atoms with E-state index < -0.39 is 17.4 Å². The first kappa shape index (κ1) is 16.8. The molecule has 1 aliphatic carbocycles. The van der Waals surface area contributed by atoms with Gasteiger partial charge in [0.05, 0.1) is 0 Å². The Balaban J connectivity index is 2.40. The highest BCUT2D eigenvalue weighted by molar-refractivity contribution is 5.83. The smallest absolute Gasteiger partial charge is 0.326 e. The summed E-state index contributed by atoms with van der Waals surface area (Å²) >= 11 is 0. The monoisotopic (exact) mass is 284 g/mol. The summed E-state index contributed by atoms with van der Waals surface area (Å²) in [6, 6.07) is -1.27. The van der Waals surface area contributed by atoms with E-state index in [1.807, 2.05) is 0 Å². The summed E-state index contributed by atoms with van der Waals surface area (Å²) in [5.41, 5.74) is -0.511. The molecule has 5 nitrogen and oxygen atoms in total. The quantitative estimate of drug-likeness (QED) is 0.742. The van der Waals surface area contributed by atoms with Crippen molar-refractivity contribution in [1.29, 1.82) is 0 Å². The van der Waals surface area contributed by atoms with Gasteiger partial charge in [0.2, 0.25) is 0 Å². The molecule has 0 saturated heterocycles. The van der Waals surface area contributed by atoms with E-state index in [9.17, 15) is 9.59 Å². The molecule has 1 rings (SSSR count). The van der Waals surface area contributed by atoms with Crippen LogP contribution in [0.1, 0.15) is 53.4 Å². The highest BCUT2D eigenvalue weighted by atomic mass is 16.4. The van der Waals surface area contributed by atoms with Crippen LogP contribution in [-0.2, 0) is 4.79 Å². The van der Waals surface area contributed by atoms with Crippen molar-refractivity contribution >= 4 is 12.0 Å². The third-order valence-electron chi connectivity index (χ3n) is 3.98. The second kappa shape index (κ2) is 6.95. The minimum absolute atomic E-state index is 0.384. The van der Waals surface area contributed by atoms with Crippen LogP contribution in [-0.4, -0.2) is 29.7 Å². The predicted molar refractivity (Wildman–Crippen MR) is 78.5 cm³/mol. The van der Waals surface area contributed by atoms with E-state index in [4.69, 9.17) is 5.11 Å². The molecule has 0 aromatic heterocycles. The lowest BCUT2D eigenvalue weighted by molar-refractivity contribution is -0.141. The summed E-state index contributed by atoms with van der Waals surface area (Å²) in [6.07, 6.45) is 4.77. The molecule has 3 N–H and O–H groups in total. The van der Waals surface area contributed by atoms with Crippen molar-refractivity contribution in [3.63, 3.8) is 0 Å². The molecule has 0 aliphatic heterocycles. The van der Waals surface area contributed by atoms with Gasteiger partial charge in [-0.1, -0.05) is 40.5 Å². The van der Waals surface area contributed by atoms with Crippen molar-refractivity contribution in [2.24, 2.45) is 17.3 Å². The molecule has 0 radical (unpaired) electrons. The zero-order valence-corrected chi connectivity index (χ0v) is 13.0. The van der Waals surface area contributed by atoms with Crippen molar-refractivity contribution in [3.05, 3.63) is 0 Å². The molecule has 3 atom stereocenters. The lowest BCUT2D eigenvalue weighted by atomic mass is 9.82. The maximum absolute atomic E-state index is 11.8. The first-order valence-electron chi connectivity index (χ1n) is 7.47. The number of carboxylic acid groups (broad SMARTS) is 1. The first-order valence-corrected chi connectivity index (χ1v) is 7.47. The van der Waals surface area contributed by atoms with Gasteiger partial charge < -0.3 is 15.7 Å². The number of carbonyl (C=O) groups excluding carboxylic acids is 1. The fraction of sp³-hybridized carbons (Fsp3) is 0.867. The molecule has 1 saturated carbocycles. The molecule has 20 heavy (non-hydrogen) atoms. The summed E-state index contributed by atoms with van der Waals surface area (Å²) < 4.78 is 0. The van der Waals surface area contributed by atoms with Gasteiger partial charge in [0.1, 0.15) is 6.04 Å². The maximum atomic E-state index is 11.8. The molecule has 0 aromatic carbocycles. The third-order valence-corrected chi connectivity index (χ3v) is 3.98. The Hall–Kier alpha value is -1.26. The molecular weight excluding hydrogens is 256 g/mol. The van der Waals surface area contributed by atoms with Gasteiger partial charge >= 0.3 is 12.0 Å². The molecule has 5 heteroatoms. The zero-order chi connectivity index (χ0) is 15.3. The van der Waals surface area contributed by atoms with E-state index in [1.54, 1.807) is 20.8 Å². The predicted octanol–water partition coefficient (Wildman–Crippen LogP) is 2.61. The van der Waals surface area contributed by atoms with Crippen molar-refractivity contribution < 1.29 is 14.7 Å². The summed E-state index contributed by atoms with van der Waals surface area (Å²) in [7, 11) is 0. The zero-order valence-electron chi connectivity index (χ0n) is 13.0. The van der Waals surface area contributed by atoms with Crippen LogP contribution in [0, 0.1) is 17.3 Å². The Labute approximate surface area is 121 Å². The van der Waals surface area contributed by atoms with E-state index in [0.717, 1.165) is 18.8 Å². The largest absolute Gasteiger partial charge is 0.480 e. The van der Waals surface area contributed by atoms with E-state index >= 15 is 0 Å². The number of carbonyl (C=O) groups is 2. The number of amides is 2. The SMILES string of the molecule is CC1CCCC(CNC(=O)N[C@@H](C(=O)O)C(C)(C)C)C1. The van der Waals surface area contributed by atoms with Crippen LogP contribution in [0.25, 0.3) is 0 Å². The minimum Gasteiger partial charge on any atom is -0.480 e. The number of urea groups is 1. The second-order valence-corrected chi connectivity index (χ2v) is 7.13. The highest BCUT2D eigenvalue weighted by Crippen LogP contribution is 2.27. The topological polar surface area (TPSA) is 78.4 Å². The lowest BCUT2D eigenvalue weighted by Gasteiger charge is -2.29. The Morgan fingerprint density at radius 1 is 1.30 bits per heavy atom. The van der Waals surface area contributed by atoms with E-state index in [-0.39, 0.29) is 6.03 Å². The molecular formula is C15H28N2O3. The lowest BCUT2D eigenvalue weighted by Crippen LogP contribution is -2.52. The van der Waals surface area contributed by atoms with Crippen molar-refractivity contribution in [3.8, 4) is 0 Å². The van der Waals surface area contributed by atoms with Crippen LogP contribution in [0.3, 0.4) is 0 Å². The molecule has 0 aromatic rings. The third kappa shape index (κ3) is 5.39. The van der Waals surface area contributed by atoms with Crippen LogP contribution < -0.4 is 10.6 Å². The first-order chi connectivity index (χ1) is 9.20. The Morgan fingerprint density at radius 2 is 1.95 bits per heavy atom. The Morgan fingerprint density at radius 3 is 2.45 bits per heavy atom. The fourth-order valence-corrected chi connectivity index (χ4v) is 2.81. The van der Waals surface area contributed by atoms with Crippen molar-refractivity contribution in [2.45, 2.75) is 59.4 Å². The molecule has 1 fully saturated rings. The normalized spacial score (nSPS) is 24.8. The molecule has 0 heterocycles. The summed E-state index contributed by atoms with van der Waals surface area (Å²) in [5, 5.41) is 14.5. The van der Waals surface area contributed by atoms with Crippen LogP contribution in [0.2, 0.25) is 0 Å². The number of hydrogen-bond acceptors (Lipinski definition) is 2. The molecule has 116 valence electrons. The Kier molecular flexibility index (Phi) is 5.84. The molecule has 1 aliphatic rings. The summed E-state index contributed by atoms with van der Waals surface area (Å²) in [4.78, 5) is 23.0. The summed E-state index contributed by atoms with van der Waals surface area (Å²) in [6.45, 7) is 8.28. The van der Waals surface area contributed by atoms with Gasteiger partial charge in [-0.15, -0.1) is 0 Å². The van der Waals surface area contributed by atoms with E-state index in [0.29, 0.717) is 12.5 Å². The average Bonchev–Trinajstić information content (AvgIpc) is 2.31. The Bertz CT molecular complexity index is 350. The van der Waals surface area contributed by atoms with Crippen LogP contribution in [0.4, 0.5) is 4.79 Å². The highest BCUT2D eigenvalue weighted by Gasteiger charge is 2.32. The fourth-order valence-electron chi connectivity index (χ4n) is 2.81. The molecule has 2 unspecified atom stereocenters. The standard InChI is InChI=1S/C15H28N2O3/c1-10-6-5-7-11(8-10)9-16-14(20)17-12(13(18)19)15(2,3)4/h10-12H,5-9H2,1-4H3,(H,18,19)(H2,16,17,20)/t10?,11?,12-/m0/s1. The van der Waals surface area contributed by atoms with Gasteiger partial charge in [0.25, 0.3) is 0 Å². The number of carboxylic acids is 1. The van der Waals surface area contributed by atoms with E-state index in [2.05, 4.69) is 17.6 Å². The van der Waals surface area contributed by atoms with Gasteiger partial charge in [0.15, 0.2) is 0 Å². The second-order valence-electron chi connectivity index (χ2n) is 7.13. The van der Waals surface area contributed by atoms with Crippen molar-refractivity contribution in [1.82, 2.24) is 10.6 Å². The van der Waals surface area contributed by atoms with E-state index in [1.165, 1.54) is 12.8 Å². The van der Waals surface area contributed by atoms with Crippen LogP contribution >= 0.6 is 0 Å². The molecule has 2 amide bonds. The molecule has 0 spiro atoms. The molecule has 0 bridgehead atoms. The van der Waals surface area contributed by atoms with Crippen molar-refractivity contribution in [2.75, 3.05) is 6.54 Å². The number of nitrogens with one attached hydrogen (secondary N) is 2. The minimum atomic E-state index is -1.00. The number of hydrogen-bond donors (Lipinski definition) is 3. The van der Waals surface area contributed by atoms with Gasteiger partial charge in [-0.2, -0.15) is 0 Å². The van der Waals surface area contributed by atoms with Gasteiger partial charge in [-0.25, -0.2) is 9.59 Å².